The highest BCUT2D eigenvalue weighted by molar-refractivity contribution is 7.86. The average molecular weight is 1410 g/mol. The first kappa shape index (κ1) is 75.3. The first-order valence-electron chi connectivity index (χ1n) is 27.3. The van der Waals surface area contributed by atoms with Crippen LogP contribution < -0.4 is 20.6 Å². The molecule has 1 fully saturated rings. The van der Waals surface area contributed by atoms with Crippen LogP contribution >= 0.6 is 29.9 Å². The number of para-hydroxylation sites is 1. The molecule has 4 aliphatic rings. The van der Waals surface area contributed by atoms with Crippen molar-refractivity contribution in [3.05, 3.63) is 102 Å². The molecule has 0 aromatic heterocycles. The molecule has 2 amide bonds. The number of rotatable bonds is 31. The highest BCUT2D eigenvalue weighted by Gasteiger charge is 2.47. The third-order valence-electron chi connectivity index (χ3n) is 14.7. The van der Waals surface area contributed by atoms with Crippen molar-refractivity contribution < 1.29 is 118 Å². The first-order chi connectivity index (χ1) is 40.9. The lowest BCUT2D eigenvalue weighted by Crippen LogP contribution is -2.42. The molecule has 2 aromatic rings. The third-order valence-corrected chi connectivity index (χ3v) is 28.5. The Bertz CT molecular complexity index is 3840. The number of carbonyl (C=O) groups is 2. The van der Waals surface area contributed by atoms with Gasteiger partial charge in [-0.25, -0.2) is 5.09 Å². The summed E-state index contributed by atoms with van der Waals surface area (Å²) in [5.74, 6) is -6.16. The number of allylic oxidation sites excluding steroid dienone is 4. The number of amides is 2. The monoisotopic (exact) mass is 1410 g/mol. The molecular weight excluding hydrogens is 1340 g/mol. The van der Waals surface area contributed by atoms with Crippen LogP contribution in [0.1, 0.15) is 90.2 Å². The number of fused-ring (bicyclic) bond motifs is 2. The molecule has 0 saturated carbocycles. The van der Waals surface area contributed by atoms with E-state index in [1.807, 2.05) is 60.6 Å². The van der Waals surface area contributed by atoms with Crippen molar-refractivity contribution in [2.24, 2.45) is 0 Å². The molecule has 4 aliphatic heterocycles. The molecule has 0 bridgehead atoms. The van der Waals surface area contributed by atoms with E-state index in [0.29, 0.717) is 48.2 Å². The maximum atomic E-state index is 13.0. The summed E-state index contributed by atoms with van der Waals surface area (Å²) in [5.41, 5.74) is 2.87. The minimum atomic E-state index is -5.01. The van der Waals surface area contributed by atoms with Crippen LogP contribution in [0, 0.1) is 0 Å². The fourth-order valence-corrected chi connectivity index (χ4v) is 23.6. The maximum absolute atomic E-state index is 13.0. The lowest BCUT2D eigenvalue weighted by atomic mass is 9.77. The summed E-state index contributed by atoms with van der Waals surface area (Å²) < 4.78 is 190. The van der Waals surface area contributed by atoms with Crippen LogP contribution in [0.3, 0.4) is 0 Å². The topological polar surface area (TPSA) is 482 Å². The van der Waals surface area contributed by atoms with Crippen molar-refractivity contribution in [1.82, 2.24) is 20.6 Å². The summed E-state index contributed by atoms with van der Waals surface area (Å²) in [6.07, 6.45) is 5.64. The quantitative estimate of drug-likeness (QED) is 0.0221. The molecule has 0 spiro atoms. The van der Waals surface area contributed by atoms with Gasteiger partial charge in [0.05, 0.1) is 34.5 Å². The molecule has 4 heterocycles. The van der Waals surface area contributed by atoms with Gasteiger partial charge in [0.2, 0.25) is 26.3 Å². The minimum absolute atomic E-state index is 0.000772. The fourth-order valence-electron chi connectivity index (χ4n) is 10.8. The largest absolute Gasteiger partial charge is 0.425 e. The molecule has 1 saturated heterocycles. The van der Waals surface area contributed by atoms with Gasteiger partial charge in [0.1, 0.15) is 42.4 Å². The number of aliphatic hydroxyl groups is 1. The summed E-state index contributed by atoms with van der Waals surface area (Å²) >= 11 is 0. The van der Waals surface area contributed by atoms with Gasteiger partial charge in [0.15, 0.2) is 5.71 Å². The summed E-state index contributed by atoms with van der Waals surface area (Å²) in [6, 6.07) is 11.6. The van der Waals surface area contributed by atoms with Gasteiger partial charge in [-0.1, -0.05) is 43.7 Å². The summed E-state index contributed by atoms with van der Waals surface area (Å²) in [5, 5.41) is 17.8. The Kier molecular flexibility index (Phi) is 25.5. The highest BCUT2D eigenvalue weighted by Crippen LogP contribution is 2.67. The minimum Gasteiger partial charge on any atom is -0.390 e. The number of hydrogen-bond acceptors (Lipinski definition) is 20. The molecule has 39 heteroatoms. The Labute approximate surface area is 517 Å². The van der Waals surface area contributed by atoms with Gasteiger partial charge in [0.25, 0.3) is 43.8 Å². The van der Waals surface area contributed by atoms with Gasteiger partial charge in [-0.15, -0.1) is 12.6 Å². The van der Waals surface area contributed by atoms with Gasteiger partial charge in [-0.3, -0.25) is 41.5 Å². The molecule has 0 radical (unpaired) electrons. The number of aliphatic hydroxyl groups excluding tert-OH is 1. The van der Waals surface area contributed by atoms with E-state index >= 15 is 0 Å². The predicted molar refractivity (Wildman–Crippen MR) is 325 cm³/mol. The average Bonchev–Trinajstić information content (AvgIpc) is 1.72. The van der Waals surface area contributed by atoms with E-state index in [0.717, 1.165) is 16.9 Å². The summed E-state index contributed by atoms with van der Waals surface area (Å²) in [6.45, 7) is 9.91. The second kappa shape index (κ2) is 30.1. The number of unbranched alkanes of at least 4 members (excludes halogenated alkanes) is 2. The number of nitrogens with one attached hydrogen (secondary N) is 3. The number of ether oxygens (including phenoxy) is 1. The Balaban J connectivity index is 0.00000349. The Morgan fingerprint density at radius 1 is 0.876 bits per heavy atom. The lowest BCUT2D eigenvalue weighted by molar-refractivity contribution is -0.437. The van der Waals surface area contributed by atoms with E-state index in [1.165, 1.54) is 36.2 Å². The van der Waals surface area contributed by atoms with E-state index in [2.05, 4.69) is 22.3 Å². The zero-order valence-electron chi connectivity index (χ0n) is 48.8. The molecule has 6 unspecified atom stereocenters. The van der Waals surface area contributed by atoms with Gasteiger partial charge in [0, 0.05) is 85.2 Å². The normalized spacial score (nSPS) is 23.3. The fraction of sp³-hybridized carbons (Fsp3) is 0.540. The third kappa shape index (κ3) is 22.1. The second-order valence-corrected chi connectivity index (χ2v) is 37.3. The van der Waals surface area contributed by atoms with Crippen molar-refractivity contribution >= 4 is 99.7 Å². The first-order valence-corrected chi connectivity index (χ1v) is 40.6. The Hall–Kier alpha value is -4.44. The number of anilines is 1. The van der Waals surface area contributed by atoms with Crippen molar-refractivity contribution in [3.8, 4) is 0 Å². The molecule has 2 aromatic carbocycles. The van der Waals surface area contributed by atoms with Crippen molar-refractivity contribution in [3.63, 3.8) is 0 Å². The number of hydrogen-bond donors (Lipinski definition) is 11. The van der Waals surface area contributed by atoms with E-state index in [9.17, 15) is 91.4 Å². The van der Waals surface area contributed by atoms with Crippen LogP contribution in [0.5, 0.6) is 0 Å². The number of benzene rings is 2. The molecular formula is C50H75N6O25P4S4+. The van der Waals surface area contributed by atoms with Crippen molar-refractivity contribution in [2.45, 2.75) is 113 Å². The molecule has 31 nitrogen and oxygen atoms in total. The summed E-state index contributed by atoms with van der Waals surface area (Å²) in [4.78, 5) is 69.8. The lowest BCUT2D eigenvalue weighted by Gasteiger charge is -2.32. The molecule has 0 aliphatic carbocycles. The van der Waals surface area contributed by atoms with Gasteiger partial charge < -0.3 is 54.4 Å². The van der Waals surface area contributed by atoms with E-state index < -0.39 is 148 Å². The molecule has 11 N–H and O–H groups in total. The van der Waals surface area contributed by atoms with Gasteiger partial charge >= 0.3 is 18.2 Å². The van der Waals surface area contributed by atoms with Crippen LogP contribution in [0.2, 0.25) is 0 Å². The molecule has 8 atom stereocenters. The molecule has 498 valence electrons. The molecule has 6 rings (SSSR count). The van der Waals surface area contributed by atoms with Gasteiger partial charge in [-0.05, 0) is 76.8 Å². The van der Waals surface area contributed by atoms with Crippen LogP contribution in [-0.4, -0.2) is 184 Å². The Morgan fingerprint density at radius 3 is 2.15 bits per heavy atom. The van der Waals surface area contributed by atoms with Crippen LogP contribution in [0.4, 0.5) is 11.4 Å². The highest BCUT2D eigenvalue weighted by atomic mass is 32.2. The molecule has 89 heavy (non-hydrogen) atoms. The zero-order valence-corrected chi connectivity index (χ0v) is 55.6. The van der Waals surface area contributed by atoms with Crippen LogP contribution in [-0.2, 0) is 88.9 Å². The van der Waals surface area contributed by atoms with E-state index in [4.69, 9.17) is 21.9 Å². The number of nitrogens with zero attached hydrogens (tertiary/aromatic N) is 3. The van der Waals surface area contributed by atoms with Crippen LogP contribution in [0.25, 0.3) is 0 Å². The van der Waals surface area contributed by atoms with Crippen molar-refractivity contribution in [2.75, 3.05) is 66.9 Å². The maximum Gasteiger partial charge on any atom is 0.425 e. The van der Waals surface area contributed by atoms with Crippen LogP contribution in [0.15, 0.2) is 95.5 Å². The summed E-state index contributed by atoms with van der Waals surface area (Å²) in [7, 11) is -36.0. The zero-order chi connectivity index (χ0) is 66.9. The SMILES string of the molecule is C=C1NC(=O)C(C)=CN1[C@H]1CC(O)[C@@H](COP(=O)(O)CP(=O)(O)CP(=O)(O)CP(=O)(O)NCCNC(=O)CCCCCC2(C)/C(=C\C=C\C3=[N+](CCCS(=O)(=O)O)c4ccc(S(=O)(=O)O)cc4C3(C)C)N(CCCS(=O)(=O)O)c3ccccc32)O1.O=S(=O)=O. The van der Waals surface area contributed by atoms with Gasteiger partial charge in [-0.2, -0.15) is 29.8 Å². The smallest absolute Gasteiger partial charge is 0.390 e. The van der Waals surface area contributed by atoms with Crippen molar-refractivity contribution in [1.29, 1.82) is 0 Å². The second-order valence-electron chi connectivity index (χ2n) is 22.3. The standard InChI is InChI=1S/C50H74N6O22P4S3.O3S/c1-35-30-56(36(2)53-48(35)59)47-29-42(57)43(78-47)31-77-82(66,67)34-80(62,63)32-79(60,61)33-81(64,65)52-23-22-51-46(58)18-7-6-10-21-50(5)38-14-8-9-15-40(38)55(25-13-27-84(71,72)73)45(50)17-11-16-44-49(3,4)39-28-37(85(74,75)76)19-20-41(39)54(44)24-12-26-83(68,69)70;1-4(2)3/h8-9,11,14-17,19-20,28,30,42-43,47,57H,2,6-7,10,12-13,18,21-27,29,31-34H2,1,3-5H3,(H9-,51,52,53,58,59,60,61,62,63,64,65,66,67,68,69,70,71,72,73,74,75,76);/p+1/t42?,43-,47-,50?;/m1./s1. The predicted octanol–water partition coefficient (Wildman–Crippen LogP) is 3.82. The Morgan fingerprint density at radius 2 is 1.51 bits per heavy atom. The number of carbonyl (C=O) groups excluding carboxylic acids is 2. The van der Waals surface area contributed by atoms with E-state index in [1.54, 1.807) is 12.2 Å². The van der Waals surface area contributed by atoms with E-state index in [-0.39, 0.29) is 62.6 Å².